The van der Waals surface area contributed by atoms with E-state index in [-0.39, 0.29) is 5.78 Å². The molecule has 1 fully saturated rings. The van der Waals surface area contributed by atoms with E-state index in [1.807, 2.05) is 0 Å². The van der Waals surface area contributed by atoms with Crippen molar-refractivity contribution in [2.24, 2.45) is 5.92 Å². The fourth-order valence-corrected chi connectivity index (χ4v) is 2.15. The fourth-order valence-electron chi connectivity index (χ4n) is 2.15. The summed E-state index contributed by atoms with van der Waals surface area (Å²) in [6, 6.07) is 0. The van der Waals surface area contributed by atoms with Crippen LogP contribution in [0.25, 0.3) is 0 Å². The van der Waals surface area contributed by atoms with Crippen LogP contribution in [-0.2, 0) is 9.53 Å². The van der Waals surface area contributed by atoms with Gasteiger partial charge in [-0.25, -0.2) is 0 Å². The molecule has 1 saturated carbocycles. The molecule has 2 atom stereocenters. The van der Waals surface area contributed by atoms with Crippen LogP contribution in [0.15, 0.2) is 0 Å². The maximum Gasteiger partial charge on any atom is 0.161 e. The minimum Gasteiger partial charge on any atom is -0.370 e. The van der Waals surface area contributed by atoms with Gasteiger partial charge < -0.3 is 4.74 Å². The zero-order chi connectivity index (χ0) is 9.19. The molecule has 1 aliphatic carbocycles. The highest BCUT2D eigenvalue weighted by atomic mass is 16.5. The Bertz CT molecular complexity index is 177. The third kappa shape index (κ3) is 1.69. The maximum absolute atomic E-state index is 11.4. The van der Waals surface area contributed by atoms with Crippen LogP contribution in [0.5, 0.6) is 0 Å². The summed E-state index contributed by atoms with van der Waals surface area (Å²) in [6.45, 7) is 3.83. The number of carbonyl (C=O) groups excluding carboxylic acids is 1. The van der Waals surface area contributed by atoms with E-state index in [4.69, 9.17) is 4.74 Å². The average molecular weight is 170 g/mol. The van der Waals surface area contributed by atoms with Gasteiger partial charge in [-0.3, -0.25) is 4.79 Å². The van der Waals surface area contributed by atoms with Gasteiger partial charge in [-0.1, -0.05) is 13.3 Å². The number of carbonyl (C=O) groups is 1. The number of ether oxygens (including phenoxy) is 1. The van der Waals surface area contributed by atoms with Crippen LogP contribution in [0.1, 0.15) is 39.5 Å². The van der Waals surface area contributed by atoms with Crippen LogP contribution in [0.2, 0.25) is 0 Å². The zero-order valence-corrected chi connectivity index (χ0v) is 8.22. The van der Waals surface area contributed by atoms with Gasteiger partial charge in [0.25, 0.3) is 0 Å². The minimum atomic E-state index is -0.447. The average Bonchev–Trinajstić information content (AvgIpc) is 2.04. The number of rotatable bonds is 2. The summed E-state index contributed by atoms with van der Waals surface area (Å²) in [5.41, 5.74) is -0.447. The highest BCUT2D eigenvalue weighted by molar-refractivity contribution is 5.85. The normalized spacial score (nSPS) is 36.4. The molecule has 2 nitrogen and oxygen atoms in total. The predicted molar refractivity (Wildman–Crippen MR) is 48.1 cm³/mol. The molecule has 12 heavy (non-hydrogen) atoms. The molecule has 0 amide bonds. The first-order chi connectivity index (χ1) is 5.60. The third-order valence-corrected chi connectivity index (χ3v) is 2.99. The van der Waals surface area contributed by atoms with Gasteiger partial charge in [-0.15, -0.1) is 0 Å². The van der Waals surface area contributed by atoms with Crippen LogP contribution in [0, 0.1) is 5.92 Å². The van der Waals surface area contributed by atoms with Crippen LogP contribution in [-0.4, -0.2) is 18.5 Å². The minimum absolute atomic E-state index is 0.191. The summed E-state index contributed by atoms with van der Waals surface area (Å²) < 4.78 is 5.36. The summed E-state index contributed by atoms with van der Waals surface area (Å²) >= 11 is 0. The lowest BCUT2D eigenvalue weighted by Crippen LogP contribution is -2.43. The van der Waals surface area contributed by atoms with E-state index in [0.29, 0.717) is 5.92 Å². The molecule has 0 saturated heterocycles. The number of Topliss-reactive ketones (excluding diaryl/α,β-unsaturated/α-hetero) is 1. The Morgan fingerprint density at radius 1 is 1.58 bits per heavy atom. The van der Waals surface area contributed by atoms with Crippen molar-refractivity contribution >= 4 is 5.78 Å². The lowest BCUT2D eigenvalue weighted by Gasteiger charge is -2.36. The SMILES string of the molecule is COC1(C(C)=O)CCCC(C)C1. The molecule has 2 heteroatoms. The Kier molecular flexibility index (Phi) is 2.89. The van der Waals surface area contributed by atoms with E-state index in [1.54, 1.807) is 14.0 Å². The quantitative estimate of drug-likeness (QED) is 0.635. The van der Waals surface area contributed by atoms with Gasteiger partial charge in [-0.2, -0.15) is 0 Å². The van der Waals surface area contributed by atoms with Crippen LogP contribution >= 0.6 is 0 Å². The van der Waals surface area contributed by atoms with Crippen LogP contribution in [0.4, 0.5) is 0 Å². The second-order valence-corrected chi connectivity index (χ2v) is 3.96. The van der Waals surface area contributed by atoms with Crippen molar-refractivity contribution < 1.29 is 9.53 Å². The predicted octanol–water partition coefficient (Wildman–Crippen LogP) is 2.17. The summed E-state index contributed by atoms with van der Waals surface area (Å²) in [5.74, 6) is 0.819. The highest BCUT2D eigenvalue weighted by Crippen LogP contribution is 2.35. The molecule has 2 unspecified atom stereocenters. The lowest BCUT2D eigenvalue weighted by molar-refractivity contribution is -0.144. The maximum atomic E-state index is 11.4. The Morgan fingerprint density at radius 2 is 2.25 bits per heavy atom. The highest BCUT2D eigenvalue weighted by Gasteiger charge is 2.38. The Morgan fingerprint density at radius 3 is 2.58 bits per heavy atom. The molecule has 0 spiro atoms. The Hall–Kier alpha value is -0.370. The first kappa shape index (κ1) is 9.72. The van der Waals surface area contributed by atoms with Crippen molar-refractivity contribution in [3.8, 4) is 0 Å². The lowest BCUT2D eigenvalue weighted by atomic mass is 9.77. The first-order valence-electron chi connectivity index (χ1n) is 4.67. The molecular formula is C10H18O2. The molecule has 0 bridgehead atoms. The molecule has 1 rings (SSSR count). The van der Waals surface area contributed by atoms with Crippen molar-refractivity contribution in [1.82, 2.24) is 0 Å². The summed E-state index contributed by atoms with van der Waals surface area (Å²) in [7, 11) is 1.65. The third-order valence-electron chi connectivity index (χ3n) is 2.99. The van der Waals surface area contributed by atoms with Gasteiger partial charge in [0.05, 0.1) is 0 Å². The van der Waals surface area contributed by atoms with Crippen LogP contribution in [0.3, 0.4) is 0 Å². The zero-order valence-electron chi connectivity index (χ0n) is 8.22. The molecular weight excluding hydrogens is 152 g/mol. The molecule has 0 N–H and O–H groups in total. The standard InChI is InChI=1S/C10H18O2/c1-8-5-4-6-10(7-8,12-3)9(2)11/h8H,4-7H2,1-3H3. The molecule has 0 aromatic rings. The van der Waals surface area contributed by atoms with E-state index in [0.717, 1.165) is 19.3 Å². The van der Waals surface area contributed by atoms with Gasteiger partial charge in [0.2, 0.25) is 0 Å². The van der Waals surface area contributed by atoms with E-state index in [2.05, 4.69) is 6.92 Å². The summed E-state index contributed by atoms with van der Waals surface area (Å²) in [6.07, 6.45) is 4.16. The molecule has 1 aliphatic rings. The summed E-state index contributed by atoms with van der Waals surface area (Å²) in [5, 5.41) is 0. The van der Waals surface area contributed by atoms with Crippen molar-refractivity contribution in [2.45, 2.75) is 45.1 Å². The van der Waals surface area contributed by atoms with Gasteiger partial charge in [0, 0.05) is 7.11 Å². The van der Waals surface area contributed by atoms with Gasteiger partial charge in [-0.05, 0) is 32.1 Å². The molecule has 70 valence electrons. The van der Waals surface area contributed by atoms with E-state index >= 15 is 0 Å². The van der Waals surface area contributed by atoms with Gasteiger partial charge in [0.1, 0.15) is 5.60 Å². The van der Waals surface area contributed by atoms with Crippen molar-refractivity contribution in [3.05, 3.63) is 0 Å². The summed E-state index contributed by atoms with van der Waals surface area (Å²) in [4.78, 5) is 11.4. The first-order valence-corrected chi connectivity index (χ1v) is 4.67. The Labute approximate surface area is 74.3 Å². The smallest absolute Gasteiger partial charge is 0.161 e. The number of methoxy groups -OCH3 is 1. The van der Waals surface area contributed by atoms with Crippen molar-refractivity contribution in [1.29, 1.82) is 0 Å². The van der Waals surface area contributed by atoms with E-state index in [9.17, 15) is 4.79 Å². The van der Waals surface area contributed by atoms with E-state index < -0.39 is 5.60 Å². The van der Waals surface area contributed by atoms with Gasteiger partial charge in [0.15, 0.2) is 5.78 Å². The molecule has 0 heterocycles. The molecule has 0 aromatic heterocycles. The second-order valence-electron chi connectivity index (χ2n) is 3.96. The topological polar surface area (TPSA) is 26.3 Å². The largest absolute Gasteiger partial charge is 0.370 e. The monoisotopic (exact) mass is 170 g/mol. The van der Waals surface area contributed by atoms with Crippen molar-refractivity contribution in [3.63, 3.8) is 0 Å². The fraction of sp³-hybridized carbons (Fsp3) is 0.900. The Balaban J connectivity index is 2.71. The number of ketones is 1. The van der Waals surface area contributed by atoms with Crippen LogP contribution < -0.4 is 0 Å². The molecule has 0 radical (unpaired) electrons. The van der Waals surface area contributed by atoms with E-state index in [1.165, 1.54) is 6.42 Å². The number of hydrogen-bond acceptors (Lipinski definition) is 2. The second kappa shape index (κ2) is 3.56. The van der Waals surface area contributed by atoms with Gasteiger partial charge >= 0.3 is 0 Å². The molecule has 0 aromatic carbocycles. The van der Waals surface area contributed by atoms with Crippen molar-refractivity contribution in [2.75, 3.05) is 7.11 Å². The molecule has 0 aliphatic heterocycles. The number of hydrogen-bond donors (Lipinski definition) is 0.